The fraction of sp³-hybridized carbons (Fsp3) is 0.188. The van der Waals surface area contributed by atoms with Crippen molar-refractivity contribution in [1.82, 2.24) is 0 Å². The van der Waals surface area contributed by atoms with E-state index in [9.17, 15) is 14.3 Å². The van der Waals surface area contributed by atoms with Crippen LogP contribution >= 0.6 is 0 Å². The first-order chi connectivity index (χ1) is 10.1. The van der Waals surface area contributed by atoms with Crippen molar-refractivity contribution in [2.24, 2.45) is 0 Å². The summed E-state index contributed by atoms with van der Waals surface area (Å²) in [6.07, 6.45) is 0. The molecule has 0 saturated carbocycles. The average Bonchev–Trinajstić information content (AvgIpc) is 2.47. The predicted molar refractivity (Wildman–Crippen MR) is 76.2 cm³/mol. The van der Waals surface area contributed by atoms with Crippen LogP contribution in [0.4, 0.5) is 4.39 Å². The van der Waals surface area contributed by atoms with Crippen LogP contribution in [0, 0.1) is 5.82 Å². The van der Waals surface area contributed by atoms with E-state index in [0.29, 0.717) is 24.5 Å². The molecule has 4 nitrogen and oxygen atoms in total. The minimum Gasteiger partial charge on any atom is -0.491 e. The smallest absolute Gasteiger partial charge is 0.339 e. The first kappa shape index (κ1) is 15.0. The molecule has 0 unspecified atom stereocenters. The van der Waals surface area contributed by atoms with E-state index in [2.05, 4.69) is 0 Å². The number of hydrogen-bond acceptors (Lipinski definition) is 3. The summed E-state index contributed by atoms with van der Waals surface area (Å²) in [6, 6.07) is 11.1. The van der Waals surface area contributed by atoms with Crippen LogP contribution < -0.4 is 4.74 Å². The maximum atomic E-state index is 13.8. The second-order valence-electron chi connectivity index (χ2n) is 4.30. The number of aromatic carboxylic acids is 1. The number of ether oxygens (including phenoxy) is 2. The summed E-state index contributed by atoms with van der Waals surface area (Å²) in [5.74, 6) is -1.59. The van der Waals surface area contributed by atoms with Crippen LogP contribution in [0.25, 0.3) is 11.1 Å². The number of rotatable bonds is 6. The standard InChI is InChI=1S/C16H15FO4/c1-20-9-10-21-14-8-3-2-5-11(14)12-6-4-7-13(17)15(12)16(18)19/h2-8H,9-10H2,1H3,(H,18,19). The molecule has 2 aromatic carbocycles. The van der Waals surface area contributed by atoms with Gasteiger partial charge in [-0.2, -0.15) is 0 Å². The Bertz CT molecular complexity index is 640. The molecule has 0 saturated heterocycles. The van der Waals surface area contributed by atoms with Gasteiger partial charge in [0.25, 0.3) is 0 Å². The molecule has 0 amide bonds. The van der Waals surface area contributed by atoms with Crippen LogP contribution in [0.5, 0.6) is 5.75 Å². The van der Waals surface area contributed by atoms with Gasteiger partial charge in [-0.15, -0.1) is 0 Å². The van der Waals surface area contributed by atoms with Gasteiger partial charge < -0.3 is 14.6 Å². The molecule has 0 aromatic heterocycles. The lowest BCUT2D eigenvalue weighted by Gasteiger charge is -2.13. The average molecular weight is 290 g/mol. The van der Waals surface area contributed by atoms with Crippen LogP contribution in [0.15, 0.2) is 42.5 Å². The molecule has 5 heteroatoms. The molecule has 2 aromatic rings. The number of benzene rings is 2. The van der Waals surface area contributed by atoms with Crippen molar-refractivity contribution in [3.05, 3.63) is 53.8 Å². The van der Waals surface area contributed by atoms with E-state index in [0.717, 1.165) is 6.07 Å². The second-order valence-corrected chi connectivity index (χ2v) is 4.30. The van der Waals surface area contributed by atoms with Gasteiger partial charge in [0, 0.05) is 18.2 Å². The van der Waals surface area contributed by atoms with Crippen LogP contribution in [0.2, 0.25) is 0 Å². The lowest BCUT2D eigenvalue weighted by Crippen LogP contribution is -2.07. The molecular formula is C16H15FO4. The minimum atomic E-state index is -1.31. The molecule has 110 valence electrons. The number of carboxylic acid groups (broad SMARTS) is 1. The van der Waals surface area contributed by atoms with Gasteiger partial charge in [-0.05, 0) is 12.1 Å². The minimum absolute atomic E-state index is 0.288. The molecule has 0 atom stereocenters. The number of carbonyl (C=O) groups is 1. The molecule has 0 spiro atoms. The summed E-state index contributed by atoms with van der Waals surface area (Å²) < 4.78 is 24.3. The van der Waals surface area contributed by atoms with Crippen LogP contribution in [0.1, 0.15) is 10.4 Å². The molecule has 1 N–H and O–H groups in total. The van der Waals surface area contributed by atoms with Gasteiger partial charge in [-0.3, -0.25) is 0 Å². The van der Waals surface area contributed by atoms with E-state index in [1.807, 2.05) is 0 Å². The Morgan fingerprint density at radius 2 is 1.81 bits per heavy atom. The van der Waals surface area contributed by atoms with Gasteiger partial charge in [-0.1, -0.05) is 30.3 Å². The number of hydrogen-bond donors (Lipinski definition) is 1. The maximum absolute atomic E-state index is 13.8. The van der Waals surface area contributed by atoms with Crippen molar-refractivity contribution >= 4 is 5.97 Å². The van der Waals surface area contributed by atoms with Crippen molar-refractivity contribution in [3.8, 4) is 16.9 Å². The third-order valence-corrected chi connectivity index (χ3v) is 2.95. The zero-order valence-electron chi connectivity index (χ0n) is 11.5. The highest BCUT2D eigenvalue weighted by molar-refractivity contribution is 5.97. The molecule has 2 rings (SSSR count). The third-order valence-electron chi connectivity index (χ3n) is 2.95. The van der Waals surface area contributed by atoms with Crippen LogP contribution in [-0.2, 0) is 4.74 Å². The maximum Gasteiger partial charge on any atom is 0.339 e. The van der Waals surface area contributed by atoms with E-state index >= 15 is 0 Å². The molecule has 0 radical (unpaired) electrons. The molecule has 0 bridgehead atoms. The summed E-state index contributed by atoms with van der Waals surface area (Å²) >= 11 is 0. The highest BCUT2D eigenvalue weighted by Crippen LogP contribution is 2.33. The van der Waals surface area contributed by atoms with Crippen molar-refractivity contribution in [1.29, 1.82) is 0 Å². The zero-order valence-corrected chi connectivity index (χ0v) is 11.5. The Labute approximate surface area is 121 Å². The Morgan fingerprint density at radius 1 is 1.10 bits per heavy atom. The highest BCUT2D eigenvalue weighted by Gasteiger charge is 2.19. The van der Waals surface area contributed by atoms with E-state index in [1.54, 1.807) is 37.4 Å². The topological polar surface area (TPSA) is 55.8 Å². The van der Waals surface area contributed by atoms with E-state index in [-0.39, 0.29) is 11.1 Å². The van der Waals surface area contributed by atoms with Gasteiger partial charge in [0.15, 0.2) is 0 Å². The normalized spacial score (nSPS) is 10.4. The van der Waals surface area contributed by atoms with Gasteiger partial charge in [-0.25, -0.2) is 9.18 Å². The lowest BCUT2D eigenvalue weighted by molar-refractivity contribution is 0.0693. The van der Waals surface area contributed by atoms with Gasteiger partial charge >= 0.3 is 5.97 Å². The van der Waals surface area contributed by atoms with E-state index in [1.165, 1.54) is 6.07 Å². The van der Waals surface area contributed by atoms with Gasteiger partial charge in [0.2, 0.25) is 0 Å². The van der Waals surface area contributed by atoms with Crippen molar-refractivity contribution in [2.45, 2.75) is 0 Å². The van der Waals surface area contributed by atoms with Gasteiger partial charge in [0.05, 0.1) is 6.61 Å². The third kappa shape index (κ3) is 3.38. The fourth-order valence-electron chi connectivity index (χ4n) is 2.02. The quantitative estimate of drug-likeness (QED) is 0.830. The Hall–Kier alpha value is -2.40. The Kier molecular flexibility index (Phi) is 4.90. The van der Waals surface area contributed by atoms with Crippen molar-refractivity contribution in [2.75, 3.05) is 20.3 Å². The van der Waals surface area contributed by atoms with Crippen LogP contribution in [-0.4, -0.2) is 31.4 Å². The number of methoxy groups -OCH3 is 1. The second kappa shape index (κ2) is 6.85. The number of para-hydroxylation sites is 1. The first-order valence-electron chi connectivity index (χ1n) is 6.38. The summed E-state index contributed by atoms with van der Waals surface area (Å²) in [5.41, 5.74) is 0.460. The summed E-state index contributed by atoms with van der Waals surface area (Å²) in [4.78, 5) is 11.3. The first-order valence-corrected chi connectivity index (χ1v) is 6.38. The largest absolute Gasteiger partial charge is 0.491 e. The van der Waals surface area contributed by atoms with E-state index < -0.39 is 11.8 Å². The molecule has 0 fully saturated rings. The number of carboxylic acids is 1. The lowest BCUT2D eigenvalue weighted by atomic mass is 9.98. The molecule has 0 heterocycles. The molecule has 0 aliphatic carbocycles. The zero-order chi connectivity index (χ0) is 15.2. The summed E-state index contributed by atoms with van der Waals surface area (Å²) in [6.45, 7) is 0.731. The molecular weight excluding hydrogens is 275 g/mol. The highest BCUT2D eigenvalue weighted by atomic mass is 19.1. The SMILES string of the molecule is COCCOc1ccccc1-c1cccc(F)c1C(=O)O. The predicted octanol–water partition coefficient (Wildman–Crippen LogP) is 3.22. The number of halogens is 1. The monoisotopic (exact) mass is 290 g/mol. The molecule has 21 heavy (non-hydrogen) atoms. The fourth-order valence-corrected chi connectivity index (χ4v) is 2.02. The summed E-state index contributed by atoms with van der Waals surface area (Å²) in [7, 11) is 1.56. The van der Waals surface area contributed by atoms with Crippen LogP contribution in [0.3, 0.4) is 0 Å². The van der Waals surface area contributed by atoms with Crippen molar-refractivity contribution in [3.63, 3.8) is 0 Å². The summed E-state index contributed by atoms with van der Waals surface area (Å²) in [5, 5.41) is 9.21. The van der Waals surface area contributed by atoms with E-state index in [4.69, 9.17) is 9.47 Å². The Balaban J connectivity index is 2.47. The molecule has 0 aliphatic rings. The van der Waals surface area contributed by atoms with Crippen molar-refractivity contribution < 1.29 is 23.8 Å². The molecule has 0 aliphatic heterocycles. The Morgan fingerprint density at radius 3 is 2.52 bits per heavy atom. The van der Waals surface area contributed by atoms with Gasteiger partial charge in [0.1, 0.15) is 23.7 Å².